The van der Waals surface area contributed by atoms with E-state index in [-0.39, 0.29) is 25.7 Å². The Morgan fingerprint density at radius 1 is 0.303 bits per heavy atom. The molecule has 0 amide bonds. The molecule has 0 fully saturated rings. The predicted molar refractivity (Wildman–Crippen MR) is 358 cm³/mol. The molecule has 0 aliphatic rings. The van der Waals surface area contributed by atoms with Crippen molar-refractivity contribution in [1.82, 2.24) is 0 Å². The molecule has 0 heterocycles. The fraction of sp³-hybridized carbons (Fsp3) is 0.943. The maximum atomic E-state index is 13.0. The maximum absolute atomic E-state index is 13.0. The topological polar surface area (TPSA) is 237 Å². The number of phosphoric acid groups is 2. The molecule has 0 aromatic carbocycles. The Morgan fingerprint density at radius 2 is 0.517 bits per heavy atom. The second-order valence-corrected chi connectivity index (χ2v) is 28.7. The van der Waals surface area contributed by atoms with Gasteiger partial charge in [0.1, 0.15) is 19.3 Å². The Kier molecular flexibility index (Phi) is 62.1. The van der Waals surface area contributed by atoms with Crippen molar-refractivity contribution in [2.24, 2.45) is 5.92 Å². The van der Waals surface area contributed by atoms with Crippen molar-refractivity contribution in [2.45, 2.75) is 380 Å². The minimum atomic E-state index is -4.95. The molecule has 0 spiro atoms. The summed E-state index contributed by atoms with van der Waals surface area (Å²) in [5.41, 5.74) is 0. The Hall–Kier alpha value is -1.94. The van der Waals surface area contributed by atoms with Crippen molar-refractivity contribution < 1.29 is 80.2 Å². The lowest BCUT2D eigenvalue weighted by molar-refractivity contribution is -0.161. The molecule has 528 valence electrons. The van der Waals surface area contributed by atoms with Crippen molar-refractivity contribution in [2.75, 3.05) is 39.6 Å². The van der Waals surface area contributed by atoms with Crippen LogP contribution in [0.1, 0.15) is 362 Å². The molecule has 0 bridgehead atoms. The molecule has 0 saturated heterocycles. The minimum Gasteiger partial charge on any atom is -0.462 e. The summed E-state index contributed by atoms with van der Waals surface area (Å²) in [5.74, 6) is -1.43. The number of aliphatic hydroxyl groups excluding tert-OH is 1. The molecule has 0 aliphatic heterocycles. The van der Waals surface area contributed by atoms with E-state index in [4.69, 9.17) is 37.0 Å². The second-order valence-electron chi connectivity index (χ2n) is 25.7. The van der Waals surface area contributed by atoms with E-state index in [1.807, 2.05) is 0 Å². The zero-order chi connectivity index (χ0) is 65.6. The third kappa shape index (κ3) is 64.6. The SMILES string of the molecule is CCCCCCCCCCCCCCCCCC(=O)O[C@H](COC(=O)CCCCCCCCCCCCCCCC)COP(=O)(O)OC[C@@H](O)COP(=O)(O)OC[C@@H](COC(=O)CCCCCCCCCCCC)OC(=O)CCCCCCCCCC(C)C. The summed E-state index contributed by atoms with van der Waals surface area (Å²) in [6, 6.07) is 0. The minimum absolute atomic E-state index is 0.104. The van der Waals surface area contributed by atoms with Crippen molar-refractivity contribution in [3.05, 3.63) is 0 Å². The Morgan fingerprint density at radius 3 is 0.764 bits per heavy atom. The van der Waals surface area contributed by atoms with Gasteiger partial charge in [0.25, 0.3) is 0 Å². The molecule has 5 atom stereocenters. The highest BCUT2D eigenvalue weighted by molar-refractivity contribution is 7.47. The summed E-state index contributed by atoms with van der Waals surface area (Å²) in [6.45, 7) is 7.18. The van der Waals surface area contributed by atoms with E-state index < -0.39 is 97.5 Å². The van der Waals surface area contributed by atoms with Gasteiger partial charge in [0.05, 0.1) is 26.4 Å². The third-order valence-electron chi connectivity index (χ3n) is 16.3. The molecule has 0 saturated carbocycles. The molecule has 0 radical (unpaired) electrons. The van der Waals surface area contributed by atoms with Crippen LogP contribution in [0.3, 0.4) is 0 Å². The lowest BCUT2D eigenvalue weighted by Gasteiger charge is -2.21. The van der Waals surface area contributed by atoms with E-state index in [9.17, 15) is 43.2 Å². The van der Waals surface area contributed by atoms with Crippen LogP contribution in [-0.4, -0.2) is 96.7 Å². The summed E-state index contributed by atoms with van der Waals surface area (Å²) in [5, 5.41) is 10.6. The van der Waals surface area contributed by atoms with Gasteiger partial charge in [-0.2, -0.15) is 0 Å². The molecule has 2 unspecified atom stereocenters. The normalized spacial score (nSPS) is 14.1. The number of carbonyl (C=O) groups is 4. The predicted octanol–water partition coefficient (Wildman–Crippen LogP) is 20.1. The molecule has 0 aromatic rings. The largest absolute Gasteiger partial charge is 0.472 e. The number of hydrogen-bond acceptors (Lipinski definition) is 15. The highest BCUT2D eigenvalue weighted by atomic mass is 31.2. The van der Waals surface area contributed by atoms with E-state index in [0.717, 1.165) is 89.9 Å². The summed E-state index contributed by atoms with van der Waals surface area (Å²) in [7, 11) is -9.90. The number of carbonyl (C=O) groups excluding carboxylic acids is 4. The van der Waals surface area contributed by atoms with E-state index in [2.05, 4.69) is 34.6 Å². The molecule has 0 rings (SSSR count). The van der Waals surface area contributed by atoms with Crippen LogP contribution in [0, 0.1) is 5.92 Å². The van der Waals surface area contributed by atoms with Crippen molar-refractivity contribution in [1.29, 1.82) is 0 Å². The van der Waals surface area contributed by atoms with Crippen LogP contribution >= 0.6 is 15.6 Å². The van der Waals surface area contributed by atoms with Crippen LogP contribution in [0.5, 0.6) is 0 Å². The zero-order valence-electron chi connectivity index (χ0n) is 57.6. The first-order valence-corrected chi connectivity index (χ1v) is 39.6. The smallest absolute Gasteiger partial charge is 0.462 e. The standard InChI is InChI=1S/C70H136O17P2/c1-6-9-12-15-18-21-24-26-28-30-32-35-40-45-50-55-69(74)86-65(59-81-68(73)54-49-44-39-34-31-29-27-25-22-19-16-13-10-7-2)61-84-88(76,77)82-57-64(71)58-83-89(78,79)85-62-66(87-70(75)56-51-46-41-36-37-42-47-52-63(4)5)60-80-67(72)53-48-43-38-33-23-20-17-14-11-8-3/h63-66,71H,6-62H2,1-5H3,(H,76,77)(H,78,79)/t64-,65-,66-/m1/s1. The number of ether oxygens (including phenoxy) is 4. The van der Waals surface area contributed by atoms with Gasteiger partial charge in [-0.1, -0.05) is 311 Å². The fourth-order valence-corrected chi connectivity index (χ4v) is 12.2. The van der Waals surface area contributed by atoms with Gasteiger partial charge in [-0.25, -0.2) is 9.13 Å². The first kappa shape index (κ1) is 87.1. The van der Waals surface area contributed by atoms with Crippen LogP contribution < -0.4 is 0 Å². The van der Waals surface area contributed by atoms with E-state index >= 15 is 0 Å². The number of unbranched alkanes of at least 4 members (excludes halogenated alkanes) is 42. The van der Waals surface area contributed by atoms with Gasteiger partial charge in [-0.3, -0.25) is 37.3 Å². The number of aliphatic hydroxyl groups is 1. The highest BCUT2D eigenvalue weighted by Gasteiger charge is 2.30. The number of rotatable bonds is 70. The molecule has 0 aromatic heterocycles. The van der Waals surface area contributed by atoms with Gasteiger partial charge in [0.15, 0.2) is 12.2 Å². The molecule has 0 aliphatic carbocycles. The van der Waals surface area contributed by atoms with Gasteiger partial charge in [0, 0.05) is 25.7 Å². The van der Waals surface area contributed by atoms with Crippen LogP contribution in [-0.2, 0) is 65.4 Å². The molecule has 89 heavy (non-hydrogen) atoms. The molecular formula is C70H136O17P2. The zero-order valence-corrected chi connectivity index (χ0v) is 59.4. The quantitative estimate of drug-likeness (QED) is 0.0222. The van der Waals surface area contributed by atoms with Gasteiger partial charge in [-0.15, -0.1) is 0 Å². The van der Waals surface area contributed by atoms with E-state index in [1.165, 1.54) is 186 Å². The second kappa shape index (κ2) is 63.5. The van der Waals surface area contributed by atoms with Crippen molar-refractivity contribution in [3.8, 4) is 0 Å². The summed E-state index contributed by atoms with van der Waals surface area (Å²) in [6.07, 6.45) is 49.9. The Bertz CT molecular complexity index is 1720. The molecular weight excluding hydrogens is 1170 g/mol. The summed E-state index contributed by atoms with van der Waals surface area (Å²) < 4.78 is 68.3. The monoisotopic (exact) mass is 1310 g/mol. The molecule has 17 nitrogen and oxygen atoms in total. The Labute approximate surface area is 543 Å². The number of esters is 4. The highest BCUT2D eigenvalue weighted by Crippen LogP contribution is 2.45. The van der Waals surface area contributed by atoms with Gasteiger partial charge >= 0.3 is 39.5 Å². The van der Waals surface area contributed by atoms with Crippen molar-refractivity contribution >= 4 is 39.5 Å². The maximum Gasteiger partial charge on any atom is 0.472 e. The average Bonchev–Trinajstić information content (AvgIpc) is 3.56. The van der Waals surface area contributed by atoms with Crippen LogP contribution in [0.4, 0.5) is 0 Å². The van der Waals surface area contributed by atoms with Crippen LogP contribution in [0.15, 0.2) is 0 Å². The van der Waals surface area contributed by atoms with Crippen molar-refractivity contribution in [3.63, 3.8) is 0 Å². The number of phosphoric ester groups is 2. The van der Waals surface area contributed by atoms with Gasteiger partial charge < -0.3 is 33.8 Å². The summed E-state index contributed by atoms with van der Waals surface area (Å²) >= 11 is 0. The average molecular weight is 1310 g/mol. The molecule has 19 heteroatoms. The van der Waals surface area contributed by atoms with E-state index in [1.54, 1.807) is 0 Å². The van der Waals surface area contributed by atoms with Crippen LogP contribution in [0.25, 0.3) is 0 Å². The Balaban J connectivity index is 5.23. The molecule has 3 N–H and O–H groups in total. The summed E-state index contributed by atoms with van der Waals surface area (Å²) in [4.78, 5) is 72.5. The van der Waals surface area contributed by atoms with Crippen LogP contribution in [0.2, 0.25) is 0 Å². The van der Waals surface area contributed by atoms with Gasteiger partial charge in [-0.05, 0) is 31.6 Å². The first-order valence-electron chi connectivity index (χ1n) is 36.6. The lowest BCUT2D eigenvalue weighted by atomic mass is 10.0. The lowest BCUT2D eigenvalue weighted by Crippen LogP contribution is -2.30. The van der Waals surface area contributed by atoms with Gasteiger partial charge in [0.2, 0.25) is 0 Å². The fourth-order valence-electron chi connectivity index (χ4n) is 10.6. The number of hydrogen-bond donors (Lipinski definition) is 3. The van der Waals surface area contributed by atoms with E-state index in [0.29, 0.717) is 31.6 Å². The third-order valence-corrected chi connectivity index (χ3v) is 18.2. The first-order chi connectivity index (χ1) is 43.0.